The molecule has 1 fully saturated rings. The van der Waals surface area contributed by atoms with Crippen molar-refractivity contribution in [3.63, 3.8) is 0 Å². The quantitative estimate of drug-likeness (QED) is 0.657. The lowest BCUT2D eigenvalue weighted by atomic mass is 9.69. The van der Waals surface area contributed by atoms with Crippen molar-refractivity contribution >= 4 is 0 Å². The van der Waals surface area contributed by atoms with E-state index in [0.29, 0.717) is 16.4 Å². The van der Waals surface area contributed by atoms with E-state index in [2.05, 4.69) is 47.0 Å². The molecule has 114 valence electrons. The minimum atomic E-state index is 0.366. The van der Waals surface area contributed by atoms with E-state index in [4.69, 9.17) is 0 Å². The van der Waals surface area contributed by atoms with Crippen molar-refractivity contribution in [3.05, 3.63) is 0 Å². The minimum Gasteiger partial charge on any atom is -0.315 e. The zero-order valence-electron chi connectivity index (χ0n) is 14.4. The molecular weight excluding hydrogens is 230 g/mol. The van der Waals surface area contributed by atoms with Gasteiger partial charge in [0.25, 0.3) is 0 Å². The Morgan fingerprint density at radius 2 is 1.11 bits per heavy atom. The summed E-state index contributed by atoms with van der Waals surface area (Å²) in [6.07, 6.45) is 12.4. The number of hydrogen-bond acceptors (Lipinski definition) is 1. The van der Waals surface area contributed by atoms with Crippen LogP contribution < -0.4 is 5.32 Å². The highest BCUT2D eigenvalue weighted by Gasteiger charge is 2.30. The second-order valence-corrected chi connectivity index (χ2v) is 8.73. The van der Waals surface area contributed by atoms with E-state index in [1.165, 1.54) is 57.8 Å². The predicted octanol–water partition coefficient (Wildman–Crippen LogP) is 5.54. The molecule has 0 aromatic carbocycles. The van der Waals surface area contributed by atoms with Gasteiger partial charge in [-0.15, -0.1) is 0 Å². The van der Waals surface area contributed by atoms with E-state index in [-0.39, 0.29) is 0 Å². The van der Waals surface area contributed by atoms with Gasteiger partial charge in [0.05, 0.1) is 0 Å². The van der Waals surface area contributed by atoms with Crippen LogP contribution in [0.3, 0.4) is 0 Å². The highest BCUT2D eigenvalue weighted by atomic mass is 14.9. The summed E-state index contributed by atoms with van der Waals surface area (Å²) in [6, 6.07) is 0. The Hall–Kier alpha value is -0.0400. The van der Waals surface area contributed by atoms with E-state index >= 15 is 0 Å². The Morgan fingerprint density at radius 1 is 0.632 bits per heavy atom. The largest absolute Gasteiger partial charge is 0.315 e. The van der Waals surface area contributed by atoms with Crippen molar-refractivity contribution in [1.82, 2.24) is 5.32 Å². The van der Waals surface area contributed by atoms with Crippen LogP contribution in [0.5, 0.6) is 0 Å². The summed E-state index contributed by atoms with van der Waals surface area (Å²) in [4.78, 5) is 0. The van der Waals surface area contributed by atoms with E-state index in [0.717, 1.165) is 0 Å². The Morgan fingerprint density at radius 3 is 1.68 bits per heavy atom. The molecule has 0 radical (unpaired) electrons. The van der Waals surface area contributed by atoms with Crippen LogP contribution in [0.2, 0.25) is 0 Å². The molecular formula is C18H37N. The summed E-state index contributed by atoms with van der Waals surface area (Å²) in [5, 5.41) is 3.58. The first-order valence-electron chi connectivity index (χ1n) is 8.37. The summed E-state index contributed by atoms with van der Waals surface area (Å²) < 4.78 is 0. The van der Waals surface area contributed by atoms with Gasteiger partial charge in [-0.3, -0.25) is 0 Å². The predicted molar refractivity (Wildman–Crippen MR) is 86.6 cm³/mol. The highest BCUT2D eigenvalue weighted by Crippen LogP contribution is 2.41. The van der Waals surface area contributed by atoms with Crippen LogP contribution in [0.1, 0.15) is 92.4 Å². The second-order valence-electron chi connectivity index (χ2n) is 8.73. The van der Waals surface area contributed by atoms with E-state index in [1.54, 1.807) is 0 Å². The minimum absolute atomic E-state index is 0.366. The van der Waals surface area contributed by atoms with Crippen molar-refractivity contribution in [2.75, 3.05) is 7.05 Å². The van der Waals surface area contributed by atoms with Crippen molar-refractivity contribution in [2.24, 2.45) is 10.8 Å². The first kappa shape index (κ1) is 17.0. The average Bonchev–Trinajstić information content (AvgIpc) is 2.25. The van der Waals surface area contributed by atoms with Crippen LogP contribution in [0.15, 0.2) is 0 Å². The standard InChI is InChI=1S/C18H37N/c1-16(2)11-8-7-9-13-18(5,19-6)14-10-12-17(3,4)15-16/h19H,7-15H2,1-6H3. The summed E-state index contributed by atoms with van der Waals surface area (Å²) in [6.45, 7) is 12.3. The molecule has 0 aromatic rings. The van der Waals surface area contributed by atoms with Gasteiger partial charge >= 0.3 is 0 Å². The Bertz CT molecular complexity index is 267. The van der Waals surface area contributed by atoms with Gasteiger partial charge in [0.15, 0.2) is 0 Å². The van der Waals surface area contributed by atoms with Gasteiger partial charge in [-0.2, -0.15) is 0 Å². The van der Waals surface area contributed by atoms with E-state index < -0.39 is 0 Å². The Labute approximate surface area is 121 Å². The zero-order valence-corrected chi connectivity index (χ0v) is 14.4. The van der Waals surface area contributed by atoms with E-state index in [1.807, 2.05) is 0 Å². The maximum Gasteiger partial charge on any atom is 0.0150 e. The van der Waals surface area contributed by atoms with Crippen LogP contribution in [-0.2, 0) is 0 Å². The molecule has 0 spiro atoms. The third-order valence-corrected chi connectivity index (χ3v) is 5.22. The molecule has 1 nitrogen and oxygen atoms in total. The van der Waals surface area contributed by atoms with Crippen LogP contribution in [0, 0.1) is 10.8 Å². The van der Waals surface area contributed by atoms with Crippen molar-refractivity contribution in [2.45, 2.75) is 97.9 Å². The summed E-state index contributed by atoms with van der Waals surface area (Å²) in [5.74, 6) is 0. The molecule has 19 heavy (non-hydrogen) atoms. The van der Waals surface area contributed by atoms with Gasteiger partial charge in [-0.05, 0) is 56.9 Å². The summed E-state index contributed by atoms with van der Waals surface area (Å²) in [5.41, 5.74) is 1.39. The molecule has 1 unspecified atom stereocenters. The molecule has 0 saturated heterocycles. The SMILES string of the molecule is CNC1(C)CCCCCC(C)(C)CC(C)(C)CCC1. The van der Waals surface area contributed by atoms with Crippen molar-refractivity contribution < 1.29 is 0 Å². The number of rotatable bonds is 1. The molecule has 1 aliphatic rings. The average molecular weight is 268 g/mol. The monoisotopic (exact) mass is 267 g/mol. The molecule has 1 atom stereocenters. The number of hydrogen-bond donors (Lipinski definition) is 1. The fourth-order valence-electron chi connectivity index (χ4n) is 4.10. The van der Waals surface area contributed by atoms with Gasteiger partial charge in [0, 0.05) is 5.54 Å². The number of nitrogens with one attached hydrogen (secondary N) is 1. The molecule has 0 heterocycles. The first-order valence-corrected chi connectivity index (χ1v) is 8.37. The zero-order chi connectivity index (χ0) is 14.6. The summed E-state index contributed by atoms with van der Waals surface area (Å²) in [7, 11) is 2.14. The van der Waals surface area contributed by atoms with Crippen molar-refractivity contribution in [3.8, 4) is 0 Å². The van der Waals surface area contributed by atoms with Gasteiger partial charge in [-0.25, -0.2) is 0 Å². The highest BCUT2D eigenvalue weighted by molar-refractivity contribution is 4.85. The first-order chi connectivity index (χ1) is 8.68. The van der Waals surface area contributed by atoms with E-state index in [9.17, 15) is 0 Å². The van der Waals surface area contributed by atoms with Crippen LogP contribution >= 0.6 is 0 Å². The Kier molecular flexibility index (Phi) is 5.92. The molecule has 1 rings (SSSR count). The molecule has 1 heteroatoms. The Balaban J connectivity index is 2.67. The van der Waals surface area contributed by atoms with Gasteiger partial charge in [0.1, 0.15) is 0 Å². The normalized spacial score (nSPS) is 33.2. The van der Waals surface area contributed by atoms with Gasteiger partial charge in [-0.1, -0.05) is 53.4 Å². The molecule has 0 aliphatic heterocycles. The molecule has 1 saturated carbocycles. The third kappa shape index (κ3) is 6.29. The lowest BCUT2D eigenvalue weighted by Crippen LogP contribution is -2.40. The second kappa shape index (κ2) is 6.61. The fraction of sp³-hybridized carbons (Fsp3) is 1.00. The molecule has 0 aromatic heterocycles. The van der Waals surface area contributed by atoms with Crippen LogP contribution in [-0.4, -0.2) is 12.6 Å². The van der Waals surface area contributed by atoms with Gasteiger partial charge < -0.3 is 5.32 Å². The summed E-state index contributed by atoms with van der Waals surface area (Å²) >= 11 is 0. The van der Waals surface area contributed by atoms with Gasteiger partial charge in [0.2, 0.25) is 0 Å². The molecule has 1 aliphatic carbocycles. The topological polar surface area (TPSA) is 12.0 Å². The smallest absolute Gasteiger partial charge is 0.0150 e. The molecule has 0 amide bonds. The van der Waals surface area contributed by atoms with Crippen LogP contribution in [0.4, 0.5) is 0 Å². The van der Waals surface area contributed by atoms with Crippen LogP contribution in [0.25, 0.3) is 0 Å². The maximum atomic E-state index is 3.58. The maximum absolute atomic E-state index is 3.58. The lowest BCUT2D eigenvalue weighted by molar-refractivity contribution is 0.154. The third-order valence-electron chi connectivity index (χ3n) is 5.22. The molecule has 1 N–H and O–H groups in total. The lowest BCUT2D eigenvalue weighted by Gasteiger charge is -2.37. The fourth-order valence-corrected chi connectivity index (χ4v) is 4.10. The van der Waals surface area contributed by atoms with Crippen molar-refractivity contribution in [1.29, 1.82) is 0 Å². The molecule has 0 bridgehead atoms.